The monoisotopic (exact) mass is 352 g/mol. The molecule has 1 amide bonds. The van der Waals surface area contributed by atoms with Gasteiger partial charge in [-0.05, 0) is 56.6 Å². The normalized spacial score (nSPS) is 20.3. The number of benzene rings is 1. The van der Waals surface area contributed by atoms with E-state index in [0.717, 1.165) is 54.3 Å². The Bertz CT molecular complexity index is 873. The summed E-state index contributed by atoms with van der Waals surface area (Å²) < 4.78 is 5.56. The molecule has 1 N–H and O–H groups in total. The fourth-order valence-electron chi connectivity index (χ4n) is 3.61. The molecule has 0 saturated heterocycles. The second-order valence-electron chi connectivity index (χ2n) is 7.61. The van der Waals surface area contributed by atoms with Crippen molar-refractivity contribution in [3.63, 3.8) is 0 Å². The average molecular weight is 352 g/mol. The molecule has 26 heavy (non-hydrogen) atoms. The van der Waals surface area contributed by atoms with Crippen molar-refractivity contribution in [1.82, 2.24) is 10.3 Å². The third kappa shape index (κ3) is 3.30. The summed E-state index contributed by atoms with van der Waals surface area (Å²) in [5, 5.41) is 3.69. The number of aryl methyl sites for hydroxylation is 1. The van der Waals surface area contributed by atoms with Crippen molar-refractivity contribution in [2.24, 2.45) is 5.92 Å². The molecule has 5 heteroatoms. The van der Waals surface area contributed by atoms with E-state index in [-0.39, 0.29) is 11.9 Å². The Morgan fingerprint density at radius 2 is 2.00 bits per heavy atom. The minimum Gasteiger partial charge on any atom is -0.449 e. The zero-order valence-electron chi connectivity index (χ0n) is 15.2. The van der Waals surface area contributed by atoms with Crippen molar-refractivity contribution in [3.8, 4) is 0 Å². The van der Waals surface area contributed by atoms with Crippen molar-refractivity contribution < 1.29 is 14.3 Å². The van der Waals surface area contributed by atoms with Gasteiger partial charge in [0.25, 0.3) is 5.91 Å². The van der Waals surface area contributed by atoms with E-state index in [9.17, 15) is 9.59 Å². The van der Waals surface area contributed by atoms with Gasteiger partial charge in [-0.25, -0.2) is 4.79 Å². The van der Waals surface area contributed by atoms with Crippen LogP contribution in [0.4, 0.5) is 0 Å². The lowest BCUT2D eigenvalue weighted by Gasteiger charge is -2.24. The van der Waals surface area contributed by atoms with E-state index >= 15 is 0 Å². The summed E-state index contributed by atoms with van der Waals surface area (Å²) in [6.07, 6.45) is 3.98. The number of carbonyl (C=O) groups excluding carboxylic acids is 2. The third-order valence-corrected chi connectivity index (χ3v) is 5.29. The number of amides is 1. The first kappa shape index (κ1) is 17.0. The molecule has 4 rings (SSSR count). The third-order valence-electron chi connectivity index (χ3n) is 5.29. The maximum absolute atomic E-state index is 13.0. The molecule has 1 saturated carbocycles. The molecule has 1 fully saturated rings. The van der Waals surface area contributed by atoms with Crippen LogP contribution in [0, 0.1) is 5.92 Å². The second-order valence-corrected chi connectivity index (χ2v) is 7.61. The number of hydrogen-bond acceptors (Lipinski definition) is 4. The second kappa shape index (κ2) is 6.71. The number of nitrogens with zero attached hydrogens (tertiary/aromatic N) is 1. The zero-order chi connectivity index (χ0) is 18.3. The molecule has 0 spiro atoms. The van der Waals surface area contributed by atoms with Crippen LogP contribution in [0.25, 0.3) is 10.9 Å². The zero-order valence-corrected chi connectivity index (χ0v) is 15.2. The molecular formula is C21H24N2O3. The van der Waals surface area contributed by atoms with Crippen molar-refractivity contribution in [2.45, 2.75) is 58.1 Å². The number of carbonyl (C=O) groups is 2. The largest absolute Gasteiger partial charge is 0.449 e. The Morgan fingerprint density at radius 3 is 2.77 bits per heavy atom. The number of aromatic nitrogens is 1. The number of hydrogen-bond donors (Lipinski definition) is 1. The van der Waals surface area contributed by atoms with Crippen LogP contribution in [0.2, 0.25) is 0 Å². The van der Waals surface area contributed by atoms with E-state index in [4.69, 9.17) is 9.72 Å². The molecule has 0 aliphatic heterocycles. The molecule has 1 heterocycles. The summed E-state index contributed by atoms with van der Waals surface area (Å²) in [5.74, 6) is -0.138. The number of nitrogens with one attached hydrogen (secondary N) is 1. The smallest absolute Gasteiger partial charge is 0.339 e. The van der Waals surface area contributed by atoms with Gasteiger partial charge in [-0.3, -0.25) is 9.78 Å². The van der Waals surface area contributed by atoms with Gasteiger partial charge in [0, 0.05) is 17.1 Å². The van der Waals surface area contributed by atoms with Gasteiger partial charge in [-0.1, -0.05) is 25.1 Å². The van der Waals surface area contributed by atoms with Crippen molar-refractivity contribution in [1.29, 1.82) is 0 Å². The Hall–Kier alpha value is -2.43. The molecule has 0 bridgehead atoms. The standard InChI is InChI=1S/C21H24N2O3/c1-12-7-10-18-16(11-12)19(15-5-3-4-6-17(15)23-18)21(25)26-13(2)20(24)22-14-8-9-14/h3-6,12-14H,7-11H2,1-2H3,(H,22,24). The molecule has 0 radical (unpaired) electrons. The summed E-state index contributed by atoms with van der Waals surface area (Å²) >= 11 is 0. The Balaban J connectivity index is 1.68. The number of pyridine rings is 1. The van der Waals surface area contributed by atoms with Gasteiger partial charge in [0.05, 0.1) is 11.1 Å². The first-order valence-electron chi connectivity index (χ1n) is 9.44. The highest BCUT2D eigenvalue weighted by Gasteiger charge is 2.30. The number of para-hydroxylation sites is 1. The van der Waals surface area contributed by atoms with E-state index in [1.54, 1.807) is 6.92 Å². The molecule has 2 aliphatic carbocycles. The maximum atomic E-state index is 13.0. The minimum atomic E-state index is -0.799. The lowest BCUT2D eigenvalue weighted by Crippen LogP contribution is -2.37. The van der Waals surface area contributed by atoms with Crippen molar-refractivity contribution in [2.75, 3.05) is 0 Å². The Labute approximate surface area is 153 Å². The molecule has 5 nitrogen and oxygen atoms in total. The molecule has 136 valence electrons. The summed E-state index contributed by atoms with van der Waals surface area (Å²) in [5.41, 5.74) is 3.37. The van der Waals surface area contributed by atoms with Crippen LogP contribution in [0.15, 0.2) is 24.3 Å². The predicted molar refractivity (Wildman–Crippen MR) is 99.0 cm³/mol. The molecule has 1 aromatic heterocycles. The fraction of sp³-hybridized carbons (Fsp3) is 0.476. The van der Waals surface area contributed by atoms with Crippen LogP contribution in [0.5, 0.6) is 0 Å². The molecule has 2 aliphatic rings. The first-order chi connectivity index (χ1) is 12.5. The molecule has 2 atom stereocenters. The molecular weight excluding hydrogens is 328 g/mol. The van der Waals surface area contributed by atoms with Gasteiger partial charge in [0.2, 0.25) is 0 Å². The van der Waals surface area contributed by atoms with Gasteiger partial charge in [-0.15, -0.1) is 0 Å². The summed E-state index contributed by atoms with van der Waals surface area (Å²) in [7, 11) is 0. The lowest BCUT2D eigenvalue weighted by atomic mass is 9.84. The highest BCUT2D eigenvalue weighted by molar-refractivity contribution is 6.05. The first-order valence-corrected chi connectivity index (χ1v) is 9.44. The van der Waals surface area contributed by atoms with E-state index in [2.05, 4.69) is 12.2 Å². The van der Waals surface area contributed by atoms with Crippen LogP contribution in [0.1, 0.15) is 54.7 Å². The summed E-state index contributed by atoms with van der Waals surface area (Å²) in [4.78, 5) is 30.0. The van der Waals surface area contributed by atoms with Crippen LogP contribution >= 0.6 is 0 Å². The highest BCUT2D eigenvalue weighted by atomic mass is 16.5. The number of esters is 1. The number of rotatable bonds is 4. The van der Waals surface area contributed by atoms with Gasteiger partial charge >= 0.3 is 5.97 Å². The Morgan fingerprint density at radius 1 is 1.23 bits per heavy atom. The SMILES string of the molecule is CC1CCc2nc3ccccc3c(C(=O)OC(C)C(=O)NC3CC3)c2C1. The molecule has 2 aromatic rings. The number of fused-ring (bicyclic) bond motifs is 2. The topological polar surface area (TPSA) is 68.3 Å². The van der Waals surface area contributed by atoms with E-state index < -0.39 is 12.1 Å². The van der Waals surface area contributed by atoms with Gasteiger partial charge in [-0.2, -0.15) is 0 Å². The number of ether oxygens (including phenoxy) is 1. The predicted octanol–water partition coefficient (Wildman–Crippen LogP) is 3.18. The van der Waals surface area contributed by atoms with E-state index in [1.807, 2.05) is 24.3 Å². The van der Waals surface area contributed by atoms with E-state index in [1.165, 1.54) is 0 Å². The maximum Gasteiger partial charge on any atom is 0.339 e. The van der Waals surface area contributed by atoms with Crippen LogP contribution in [0.3, 0.4) is 0 Å². The summed E-state index contributed by atoms with van der Waals surface area (Å²) in [6, 6.07) is 7.91. The van der Waals surface area contributed by atoms with Crippen molar-refractivity contribution >= 4 is 22.8 Å². The molecule has 1 aromatic carbocycles. The highest BCUT2D eigenvalue weighted by Crippen LogP contribution is 2.32. The Kier molecular flexibility index (Phi) is 4.39. The van der Waals surface area contributed by atoms with Crippen LogP contribution < -0.4 is 5.32 Å². The van der Waals surface area contributed by atoms with Crippen LogP contribution in [-0.2, 0) is 22.4 Å². The minimum absolute atomic E-state index is 0.221. The van der Waals surface area contributed by atoms with Gasteiger partial charge in [0.1, 0.15) is 0 Å². The summed E-state index contributed by atoms with van der Waals surface area (Å²) in [6.45, 7) is 3.83. The lowest BCUT2D eigenvalue weighted by molar-refractivity contribution is -0.129. The average Bonchev–Trinajstić information content (AvgIpc) is 3.43. The quantitative estimate of drug-likeness (QED) is 0.858. The van der Waals surface area contributed by atoms with Gasteiger partial charge in [0.15, 0.2) is 6.10 Å². The van der Waals surface area contributed by atoms with E-state index in [0.29, 0.717) is 11.5 Å². The van der Waals surface area contributed by atoms with Crippen LogP contribution in [-0.4, -0.2) is 29.0 Å². The fourth-order valence-corrected chi connectivity index (χ4v) is 3.61. The molecule has 2 unspecified atom stereocenters. The van der Waals surface area contributed by atoms with Gasteiger partial charge < -0.3 is 10.1 Å². The van der Waals surface area contributed by atoms with Crippen molar-refractivity contribution in [3.05, 3.63) is 41.1 Å².